The van der Waals surface area contributed by atoms with Crippen molar-refractivity contribution in [1.82, 2.24) is 0 Å². The molecule has 4 heavy (non-hydrogen) atoms. The molecule has 1 nitrogen and oxygen atoms in total. The van der Waals surface area contributed by atoms with Gasteiger partial charge in [0.05, 0.1) is 0 Å². The summed E-state index contributed by atoms with van der Waals surface area (Å²) in [5.41, 5.74) is 0. The second-order valence-electron chi connectivity index (χ2n) is 0.167. The quantitative estimate of drug-likeness (QED) is 0.460. The predicted octanol–water partition coefficient (Wildman–Crippen LogP) is -1.16. The molecule has 0 fully saturated rings. The third-order valence-electron chi connectivity index (χ3n) is 0.0340. The van der Waals surface area contributed by atoms with Crippen LogP contribution in [0.2, 0.25) is 0 Å². The van der Waals surface area contributed by atoms with Gasteiger partial charge in [-0.1, -0.05) is 0 Å². The molecule has 0 radical (unpaired) electrons. The molecule has 0 aliphatic heterocycles. The van der Waals surface area contributed by atoms with Gasteiger partial charge in [0.15, 0.2) is 0 Å². The monoisotopic (exact) mass is 446 g/mol. The predicted molar refractivity (Wildman–Crippen MR) is 17.2 cm³/mol. The van der Waals surface area contributed by atoms with Crippen molar-refractivity contribution in [2.24, 2.45) is 0 Å². The first-order chi connectivity index (χ1) is 1.91. The number of rotatable bonds is 0. The van der Waals surface area contributed by atoms with Crippen molar-refractivity contribution in [2.75, 3.05) is 0 Å². The number of hydrogen-bond donors (Lipinski definition) is 0. The van der Waals surface area contributed by atoms with Crippen LogP contribution in [0, 0.1) is 0 Å². The minimum atomic E-state index is -0.477. The molecule has 0 spiro atoms. The summed E-state index contributed by atoms with van der Waals surface area (Å²) in [4.78, 5) is 9.14. The maximum atomic E-state index is 9.14. The molecule has 0 N–H and O–H groups in total. The molecular weight excluding hydrogens is 446 g/mol. The molecule has 0 aliphatic carbocycles. The Balaban J connectivity index is 3.95. The summed E-state index contributed by atoms with van der Waals surface area (Å²) in [6.45, 7) is 0. The van der Waals surface area contributed by atoms with E-state index in [4.69, 9.17) is 4.79 Å². The van der Waals surface area contributed by atoms with Gasteiger partial charge in [-0.05, 0) is 0 Å². The van der Waals surface area contributed by atoms with Crippen molar-refractivity contribution in [3.05, 3.63) is 0 Å². The summed E-state index contributed by atoms with van der Waals surface area (Å²) >= 11 is 0.972. The summed E-state index contributed by atoms with van der Waals surface area (Å²) in [6, 6.07) is 0. The Labute approximate surface area is 44.6 Å². The van der Waals surface area contributed by atoms with Crippen molar-refractivity contribution in [3.8, 4) is 0 Å². The van der Waals surface area contributed by atoms with Crippen molar-refractivity contribution in [2.45, 2.75) is 0 Å². The zero-order valence-corrected chi connectivity index (χ0v) is 8.07. The van der Waals surface area contributed by atoms with Crippen molar-refractivity contribution < 1.29 is 4.79 Å². The molecule has 0 rings (SSSR count). The molecule has 3 heteroatoms. The van der Waals surface area contributed by atoms with Crippen LogP contribution >= 0.6 is 0 Å². The van der Waals surface area contributed by atoms with Gasteiger partial charge in [-0.25, -0.2) is 0 Å². The average molecular weight is 446 g/mol. The zero-order valence-electron chi connectivity index (χ0n) is 1.72. The Bertz CT molecular complexity index is 56.1. The van der Waals surface area contributed by atoms with Crippen LogP contribution in [0.5, 0.6) is 0 Å². The Morgan fingerprint density at radius 1 is 2.00 bits per heavy atom. The first-order valence-corrected chi connectivity index (χ1v) is 14.8. The number of carbonyl (C=O) groups excluding carboxylic acids is 1. The molecule has 0 saturated carbocycles. The van der Waals surface area contributed by atoms with E-state index < -0.39 is 17.5 Å². The molecule has 0 bridgehead atoms. The molecule has 0 unspecified atom stereocenters. The topological polar surface area (TPSA) is 17.1 Å². The van der Waals surface area contributed by atoms with Gasteiger partial charge < -0.3 is 0 Å². The Morgan fingerprint density at radius 2 is 2.25 bits per heavy atom. The van der Waals surface area contributed by atoms with Gasteiger partial charge in [-0.15, -0.1) is 0 Å². The Hall–Kier alpha value is 1.37. The number of hydrogen-bond acceptors (Lipinski definition) is 1. The first-order valence-electron chi connectivity index (χ1n) is 0.575. The van der Waals surface area contributed by atoms with Crippen LogP contribution in [0.15, 0.2) is 0 Å². The Kier molecular flexibility index (Phi) is 5.87. The van der Waals surface area contributed by atoms with E-state index in [0.29, 0.717) is 0 Å². The molecule has 0 atom stereocenters. The SMILES string of the molecule is O=[C]=[Po]=[Po]. The fourth-order valence-electron chi connectivity index (χ4n) is 0. The minimum absolute atomic E-state index is 0.477. The zero-order chi connectivity index (χ0) is 3.41. The standard InChI is InChI=1S/CO.2Po/c1-2;;. The summed E-state index contributed by atoms with van der Waals surface area (Å²) in [5.74, 6) is 0. The second-order valence-corrected chi connectivity index (χ2v) is 7.15. The fraction of sp³-hybridized carbons (Fsp3) is 0. The van der Waals surface area contributed by atoms with E-state index in [1.807, 2.05) is 3.52 Å². The van der Waals surface area contributed by atoms with Gasteiger partial charge in [0.1, 0.15) is 0 Å². The third-order valence-corrected chi connectivity index (χ3v) is 2.62. The molecule has 22 valence electrons. The molecular formula is COPo2. The summed E-state index contributed by atoms with van der Waals surface area (Å²) in [5, 5.41) is 0. The molecule has 0 aromatic rings. The molecule has 0 amide bonds. The van der Waals surface area contributed by atoms with E-state index in [0.717, 1.165) is 0 Å². The van der Waals surface area contributed by atoms with Crippen LogP contribution in [0.3, 0.4) is 0 Å². The molecule has 0 saturated heterocycles. The molecule has 0 aromatic heterocycles. The first kappa shape index (κ1) is 5.37. The third kappa shape index (κ3) is 3.37. The van der Waals surface area contributed by atoms with Crippen LogP contribution in [-0.4, -0.2) is 40.5 Å². The van der Waals surface area contributed by atoms with Gasteiger partial charge in [0.25, 0.3) is 0 Å². The van der Waals surface area contributed by atoms with Gasteiger partial charge in [0, 0.05) is 0 Å². The van der Waals surface area contributed by atoms with Gasteiger partial charge in [-0.3, -0.25) is 0 Å². The Morgan fingerprint density at radius 3 is 2.25 bits per heavy atom. The van der Waals surface area contributed by atoms with Crippen molar-refractivity contribution in [1.29, 1.82) is 0 Å². The van der Waals surface area contributed by atoms with Crippen LogP contribution in [0.25, 0.3) is 0 Å². The van der Waals surface area contributed by atoms with E-state index >= 15 is 0 Å². The summed E-state index contributed by atoms with van der Waals surface area (Å²) < 4.78 is 1.88. The maximum absolute atomic E-state index is 9.14. The van der Waals surface area contributed by atoms with E-state index in [2.05, 4.69) is 0 Å². The summed E-state index contributed by atoms with van der Waals surface area (Å²) in [6.07, 6.45) is 0. The van der Waals surface area contributed by atoms with Crippen LogP contribution in [0.4, 0.5) is 0 Å². The molecule has 0 aliphatic rings. The van der Waals surface area contributed by atoms with E-state index in [1.54, 1.807) is 0 Å². The van der Waals surface area contributed by atoms with Crippen molar-refractivity contribution >= 4 is 40.5 Å². The van der Waals surface area contributed by atoms with E-state index in [9.17, 15) is 0 Å². The van der Waals surface area contributed by atoms with Crippen LogP contribution < -0.4 is 0 Å². The average Bonchev–Trinajstić information content (AvgIpc) is 1.37. The van der Waals surface area contributed by atoms with Crippen LogP contribution in [-0.2, 0) is 4.79 Å². The van der Waals surface area contributed by atoms with E-state index in [1.165, 1.54) is 19.5 Å². The van der Waals surface area contributed by atoms with Gasteiger partial charge in [0.2, 0.25) is 0 Å². The molecule has 0 heterocycles. The van der Waals surface area contributed by atoms with Crippen LogP contribution in [0.1, 0.15) is 0 Å². The second kappa shape index (κ2) is 4.37. The fourth-order valence-corrected chi connectivity index (χ4v) is 0. The van der Waals surface area contributed by atoms with Gasteiger partial charge in [-0.2, -0.15) is 0 Å². The van der Waals surface area contributed by atoms with E-state index in [-0.39, 0.29) is 0 Å². The molecule has 0 aromatic carbocycles. The van der Waals surface area contributed by atoms with Gasteiger partial charge >= 0.3 is 45.3 Å². The normalized spacial score (nSPS) is 4.00. The van der Waals surface area contributed by atoms with Crippen molar-refractivity contribution in [3.63, 3.8) is 0 Å². The summed E-state index contributed by atoms with van der Waals surface area (Å²) in [7, 11) is 0.